The second-order valence-electron chi connectivity index (χ2n) is 5.00. The molecule has 0 saturated heterocycles. The zero-order valence-corrected chi connectivity index (χ0v) is 12.7. The predicted molar refractivity (Wildman–Crippen MR) is 86.6 cm³/mol. The van der Waals surface area contributed by atoms with E-state index in [0.29, 0.717) is 18.7 Å². The summed E-state index contributed by atoms with van der Waals surface area (Å²) in [5.74, 6) is 0.856. The van der Waals surface area contributed by atoms with Gasteiger partial charge in [-0.2, -0.15) is 0 Å². The van der Waals surface area contributed by atoms with Crippen molar-refractivity contribution in [3.8, 4) is 11.5 Å². The van der Waals surface area contributed by atoms with Crippen LogP contribution in [0.1, 0.15) is 11.1 Å². The number of rotatable bonds is 5. The van der Waals surface area contributed by atoms with Crippen molar-refractivity contribution in [1.82, 2.24) is 5.32 Å². The number of hydrogen-bond acceptors (Lipinski definition) is 3. The van der Waals surface area contributed by atoms with Gasteiger partial charge in [-0.3, -0.25) is 0 Å². The molecule has 0 aliphatic heterocycles. The maximum atomic E-state index is 11.8. The van der Waals surface area contributed by atoms with Crippen LogP contribution in [0.3, 0.4) is 0 Å². The Labute approximate surface area is 129 Å². The molecule has 22 heavy (non-hydrogen) atoms. The molecule has 0 aliphatic rings. The molecule has 0 atom stereocenters. The van der Waals surface area contributed by atoms with Crippen molar-refractivity contribution in [1.29, 1.82) is 0 Å². The Bertz CT molecular complexity index is 656. The second-order valence-corrected chi connectivity index (χ2v) is 5.00. The molecule has 5 nitrogen and oxygen atoms in total. The van der Waals surface area contributed by atoms with E-state index in [1.165, 1.54) is 0 Å². The highest BCUT2D eigenvalue weighted by Crippen LogP contribution is 2.23. The predicted octanol–water partition coefficient (Wildman–Crippen LogP) is 3.07. The van der Waals surface area contributed by atoms with Gasteiger partial charge in [0.2, 0.25) is 0 Å². The Morgan fingerprint density at radius 2 is 2.05 bits per heavy atom. The highest BCUT2D eigenvalue weighted by molar-refractivity contribution is 5.90. The smallest absolute Gasteiger partial charge is 0.319 e. The third-order valence-electron chi connectivity index (χ3n) is 3.23. The average Bonchev–Trinajstić information content (AvgIpc) is 2.50. The van der Waals surface area contributed by atoms with Gasteiger partial charge in [-0.15, -0.1) is 0 Å². The summed E-state index contributed by atoms with van der Waals surface area (Å²) in [6.45, 7) is 2.36. The maximum absolute atomic E-state index is 11.8. The van der Waals surface area contributed by atoms with Crippen molar-refractivity contribution in [3.63, 3.8) is 0 Å². The summed E-state index contributed by atoms with van der Waals surface area (Å²) in [5.41, 5.74) is 2.41. The molecule has 0 spiro atoms. The molecule has 0 aliphatic carbocycles. The number of carbonyl (C=O) groups is 1. The number of aromatic hydroxyl groups is 1. The number of ether oxygens (including phenoxy) is 1. The number of nitrogens with one attached hydrogen (secondary N) is 2. The fourth-order valence-corrected chi connectivity index (χ4v) is 2.06. The molecule has 0 aromatic heterocycles. The van der Waals surface area contributed by atoms with Crippen LogP contribution in [0, 0.1) is 6.92 Å². The van der Waals surface area contributed by atoms with E-state index in [4.69, 9.17) is 4.74 Å². The minimum atomic E-state index is -0.345. The summed E-state index contributed by atoms with van der Waals surface area (Å²) in [6.07, 6.45) is 0.699. The van der Waals surface area contributed by atoms with E-state index in [0.717, 1.165) is 16.9 Å². The monoisotopic (exact) mass is 300 g/mol. The van der Waals surface area contributed by atoms with Crippen LogP contribution >= 0.6 is 0 Å². The molecule has 5 heteroatoms. The molecule has 0 saturated carbocycles. The molecule has 2 rings (SSSR count). The van der Waals surface area contributed by atoms with Crippen molar-refractivity contribution in [2.75, 3.05) is 19.0 Å². The van der Waals surface area contributed by atoms with E-state index < -0.39 is 0 Å². The molecule has 3 N–H and O–H groups in total. The molecule has 0 fully saturated rings. The SMILES string of the molecule is COc1cccc(CCNC(=O)Nc2ccc(C)cc2O)c1. The number of aryl methyl sites for hydroxylation is 1. The molecule has 0 heterocycles. The van der Waals surface area contributed by atoms with E-state index in [-0.39, 0.29) is 11.8 Å². The standard InChI is InChI=1S/C17H20N2O3/c1-12-6-7-15(16(20)10-12)19-17(21)18-9-8-13-4-3-5-14(11-13)22-2/h3-7,10-11,20H,8-9H2,1-2H3,(H2,18,19,21). The summed E-state index contributed by atoms with van der Waals surface area (Å²) in [5, 5.41) is 15.1. The Morgan fingerprint density at radius 3 is 2.77 bits per heavy atom. The molecule has 2 amide bonds. The number of benzene rings is 2. The van der Waals surface area contributed by atoms with Gasteiger partial charge in [0.25, 0.3) is 0 Å². The third-order valence-corrected chi connectivity index (χ3v) is 3.23. The van der Waals surface area contributed by atoms with Gasteiger partial charge in [0.1, 0.15) is 11.5 Å². The lowest BCUT2D eigenvalue weighted by atomic mass is 10.1. The molecular formula is C17H20N2O3. The van der Waals surface area contributed by atoms with Crippen LogP contribution < -0.4 is 15.4 Å². The molecule has 0 bridgehead atoms. The molecule has 116 valence electrons. The number of hydrogen-bond donors (Lipinski definition) is 3. The van der Waals surface area contributed by atoms with Crippen LogP contribution in [-0.2, 0) is 6.42 Å². The van der Waals surface area contributed by atoms with Crippen molar-refractivity contribution >= 4 is 11.7 Å². The van der Waals surface area contributed by atoms with Crippen LogP contribution in [0.15, 0.2) is 42.5 Å². The van der Waals surface area contributed by atoms with Crippen LogP contribution in [0.4, 0.5) is 10.5 Å². The van der Waals surface area contributed by atoms with Crippen molar-refractivity contribution in [2.45, 2.75) is 13.3 Å². The van der Waals surface area contributed by atoms with E-state index in [9.17, 15) is 9.90 Å². The summed E-state index contributed by atoms with van der Waals surface area (Å²) in [4.78, 5) is 11.8. The van der Waals surface area contributed by atoms with Gasteiger partial charge in [0, 0.05) is 6.54 Å². The first-order valence-corrected chi connectivity index (χ1v) is 7.06. The largest absolute Gasteiger partial charge is 0.506 e. The van der Waals surface area contributed by atoms with Gasteiger partial charge in [-0.25, -0.2) is 4.79 Å². The number of anilines is 1. The zero-order valence-electron chi connectivity index (χ0n) is 12.7. The Morgan fingerprint density at radius 1 is 1.23 bits per heavy atom. The molecule has 0 unspecified atom stereocenters. The van der Waals surface area contributed by atoms with Crippen molar-refractivity contribution in [3.05, 3.63) is 53.6 Å². The maximum Gasteiger partial charge on any atom is 0.319 e. The van der Waals surface area contributed by atoms with Crippen LogP contribution in [-0.4, -0.2) is 24.8 Å². The number of amides is 2. The highest BCUT2D eigenvalue weighted by Gasteiger charge is 2.06. The van der Waals surface area contributed by atoms with Gasteiger partial charge in [-0.05, 0) is 48.7 Å². The number of methoxy groups -OCH3 is 1. The third kappa shape index (κ3) is 4.41. The molecular weight excluding hydrogens is 280 g/mol. The Balaban J connectivity index is 1.82. The molecule has 2 aromatic rings. The lowest BCUT2D eigenvalue weighted by Crippen LogP contribution is -2.30. The van der Waals surface area contributed by atoms with E-state index in [2.05, 4.69) is 10.6 Å². The lowest BCUT2D eigenvalue weighted by molar-refractivity contribution is 0.252. The van der Waals surface area contributed by atoms with Crippen molar-refractivity contribution in [2.24, 2.45) is 0 Å². The van der Waals surface area contributed by atoms with Gasteiger partial charge in [-0.1, -0.05) is 18.2 Å². The Kier molecular flexibility index (Phi) is 5.25. The minimum absolute atomic E-state index is 0.0583. The second kappa shape index (κ2) is 7.36. The summed E-state index contributed by atoms with van der Waals surface area (Å²) in [7, 11) is 1.62. The van der Waals surface area contributed by atoms with Crippen LogP contribution in [0.5, 0.6) is 11.5 Å². The first-order chi connectivity index (χ1) is 10.6. The van der Waals surface area contributed by atoms with E-state index in [1.807, 2.05) is 37.3 Å². The first kappa shape index (κ1) is 15.7. The van der Waals surface area contributed by atoms with E-state index in [1.54, 1.807) is 19.2 Å². The fourth-order valence-electron chi connectivity index (χ4n) is 2.06. The number of carbonyl (C=O) groups excluding carboxylic acids is 1. The van der Waals surface area contributed by atoms with E-state index >= 15 is 0 Å². The number of phenolic OH excluding ortho intramolecular Hbond substituents is 1. The zero-order chi connectivity index (χ0) is 15.9. The van der Waals surface area contributed by atoms with Gasteiger partial charge in [0.05, 0.1) is 12.8 Å². The topological polar surface area (TPSA) is 70.6 Å². The van der Waals surface area contributed by atoms with Crippen LogP contribution in [0.25, 0.3) is 0 Å². The first-order valence-electron chi connectivity index (χ1n) is 7.06. The van der Waals surface area contributed by atoms with Gasteiger partial charge in [0.15, 0.2) is 0 Å². The lowest BCUT2D eigenvalue weighted by Gasteiger charge is -2.10. The fraction of sp³-hybridized carbons (Fsp3) is 0.235. The van der Waals surface area contributed by atoms with Gasteiger partial charge >= 0.3 is 6.03 Å². The van der Waals surface area contributed by atoms with Crippen LogP contribution in [0.2, 0.25) is 0 Å². The number of urea groups is 1. The summed E-state index contributed by atoms with van der Waals surface area (Å²) < 4.78 is 5.16. The Hall–Kier alpha value is -2.69. The van der Waals surface area contributed by atoms with Crippen molar-refractivity contribution < 1.29 is 14.6 Å². The summed E-state index contributed by atoms with van der Waals surface area (Å²) in [6, 6.07) is 12.5. The van der Waals surface area contributed by atoms with Gasteiger partial charge < -0.3 is 20.5 Å². The number of phenols is 1. The normalized spacial score (nSPS) is 10.1. The quantitative estimate of drug-likeness (QED) is 0.743. The minimum Gasteiger partial charge on any atom is -0.506 e. The summed E-state index contributed by atoms with van der Waals surface area (Å²) >= 11 is 0. The molecule has 0 radical (unpaired) electrons. The molecule has 2 aromatic carbocycles. The average molecular weight is 300 g/mol. The highest BCUT2D eigenvalue weighted by atomic mass is 16.5.